The molecule has 0 fully saturated rings. The molecule has 0 radical (unpaired) electrons. The molecule has 0 spiro atoms. The summed E-state index contributed by atoms with van der Waals surface area (Å²) in [5.74, 6) is 1.20. The summed E-state index contributed by atoms with van der Waals surface area (Å²) in [6.07, 6.45) is 5.85. The molecule has 3 N–H and O–H groups in total. The number of H-pyrrole nitrogens is 1. The van der Waals surface area contributed by atoms with E-state index in [9.17, 15) is 4.79 Å². The molecule has 106 valence electrons. The predicted molar refractivity (Wildman–Crippen MR) is 77.5 cm³/mol. The lowest BCUT2D eigenvalue weighted by atomic mass is 10.1. The summed E-state index contributed by atoms with van der Waals surface area (Å²) in [6.45, 7) is 4.68. The Kier molecular flexibility index (Phi) is 4.70. The third-order valence-corrected chi connectivity index (χ3v) is 2.96. The van der Waals surface area contributed by atoms with Gasteiger partial charge in [0.1, 0.15) is 11.6 Å². The molecule has 20 heavy (non-hydrogen) atoms. The lowest BCUT2D eigenvalue weighted by Crippen LogP contribution is -2.29. The average molecular weight is 273 g/mol. The van der Waals surface area contributed by atoms with Gasteiger partial charge >= 0.3 is 0 Å². The summed E-state index contributed by atoms with van der Waals surface area (Å²) in [5, 5.41) is 6.06. The number of hydrogen-bond donors (Lipinski definition) is 3. The summed E-state index contributed by atoms with van der Waals surface area (Å²) >= 11 is 0. The quantitative estimate of drug-likeness (QED) is 0.753. The molecular formula is C14H19N5O. The van der Waals surface area contributed by atoms with Crippen LogP contribution in [-0.2, 0) is 0 Å². The molecule has 2 heterocycles. The minimum Gasteiger partial charge on any atom is -0.370 e. The Hall–Kier alpha value is -2.37. The highest BCUT2D eigenvalue weighted by Crippen LogP contribution is 2.16. The normalized spacial score (nSPS) is 11.9. The maximum atomic E-state index is 12.4. The van der Waals surface area contributed by atoms with Crippen molar-refractivity contribution in [3.05, 3.63) is 42.1 Å². The fourth-order valence-corrected chi connectivity index (χ4v) is 1.96. The van der Waals surface area contributed by atoms with Gasteiger partial charge in [-0.15, -0.1) is 0 Å². The minimum absolute atomic E-state index is 0.132. The third kappa shape index (κ3) is 3.14. The zero-order valence-electron chi connectivity index (χ0n) is 11.7. The SMILES string of the molecule is CCNc1ncccc1C(=O)NC(CC)c1ncc[nH]1. The van der Waals surface area contributed by atoms with Crippen LogP contribution in [-0.4, -0.2) is 27.4 Å². The van der Waals surface area contributed by atoms with Gasteiger partial charge in [0, 0.05) is 25.1 Å². The first-order chi connectivity index (χ1) is 9.76. The van der Waals surface area contributed by atoms with E-state index in [1.165, 1.54) is 0 Å². The van der Waals surface area contributed by atoms with Gasteiger partial charge in [-0.05, 0) is 25.5 Å². The van der Waals surface area contributed by atoms with Gasteiger partial charge in [-0.1, -0.05) is 6.92 Å². The van der Waals surface area contributed by atoms with Crippen LogP contribution < -0.4 is 10.6 Å². The molecule has 6 nitrogen and oxygen atoms in total. The van der Waals surface area contributed by atoms with Gasteiger partial charge in [0.15, 0.2) is 0 Å². The van der Waals surface area contributed by atoms with Gasteiger partial charge in [-0.25, -0.2) is 9.97 Å². The number of aromatic nitrogens is 3. The van der Waals surface area contributed by atoms with Gasteiger partial charge in [0.05, 0.1) is 11.6 Å². The number of amides is 1. The van der Waals surface area contributed by atoms with Crippen LogP contribution in [0.3, 0.4) is 0 Å². The largest absolute Gasteiger partial charge is 0.370 e. The Morgan fingerprint density at radius 1 is 1.35 bits per heavy atom. The fraction of sp³-hybridized carbons (Fsp3) is 0.357. The van der Waals surface area contributed by atoms with Crippen LogP contribution >= 0.6 is 0 Å². The number of imidazole rings is 1. The Bertz CT molecular complexity index is 552. The summed E-state index contributed by atoms with van der Waals surface area (Å²) in [7, 11) is 0. The van der Waals surface area contributed by atoms with Crippen molar-refractivity contribution in [2.24, 2.45) is 0 Å². The van der Waals surface area contributed by atoms with Crippen LogP contribution in [0.5, 0.6) is 0 Å². The second-order valence-electron chi connectivity index (χ2n) is 4.34. The second kappa shape index (κ2) is 6.70. The second-order valence-corrected chi connectivity index (χ2v) is 4.34. The molecule has 2 aromatic heterocycles. The van der Waals surface area contributed by atoms with Crippen LogP contribution in [0, 0.1) is 0 Å². The van der Waals surface area contributed by atoms with E-state index in [1.807, 2.05) is 13.8 Å². The van der Waals surface area contributed by atoms with Crippen LogP contribution in [0.25, 0.3) is 0 Å². The summed E-state index contributed by atoms with van der Waals surface area (Å²) < 4.78 is 0. The maximum Gasteiger partial charge on any atom is 0.255 e. The molecule has 0 aliphatic heterocycles. The number of carbonyl (C=O) groups excluding carboxylic acids is 1. The molecule has 2 aromatic rings. The first-order valence-electron chi connectivity index (χ1n) is 6.75. The smallest absolute Gasteiger partial charge is 0.255 e. The van der Waals surface area contributed by atoms with Crippen LogP contribution in [0.1, 0.15) is 42.5 Å². The van der Waals surface area contributed by atoms with Gasteiger partial charge in [0.25, 0.3) is 5.91 Å². The Balaban J connectivity index is 2.15. The molecule has 6 heteroatoms. The first kappa shape index (κ1) is 14.0. The van der Waals surface area contributed by atoms with E-state index in [4.69, 9.17) is 0 Å². The van der Waals surface area contributed by atoms with Gasteiger partial charge in [0.2, 0.25) is 0 Å². The molecule has 1 unspecified atom stereocenters. The lowest BCUT2D eigenvalue weighted by molar-refractivity contribution is 0.0934. The van der Waals surface area contributed by atoms with E-state index in [-0.39, 0.29) is 11.9 Å². The summed E-state index contributed by atoms with van der Waals surface area (Å²) in [6, 6.07) is 3.38. The Morgan fingerprint density at radius 3 is 2.85 bits per heavy atom. The van der Waals surface area contributed by atoms with E-state index in [2.05, 4.69) is 25.6 Å². The number of carbonyl (C=O) groups is 1. The Labute approximate surface area is 118 Å². The number of nitrogens with one attached hydrogen (secondary N) is 3. The standard InChI is InChI=1S/C14H19N5O/c1-3-11(13-17-8-9-18-13)19-14(20)10-6-5-7-16-12(10)15-4-2/h5-9,11H,3-4H2,1-2H3,(H,15,16)(H,17,18)(H,19,20). The highest BCUT2D eigenvalue weighted by atomic mass is 16.1. The molecule has 1 amide bonds. The molecule has 0 aromatic carbocycles. The molecule has 1 atom stereocenters. The van der Waals surface area contributed by atoms with Crippen LogP contribution in [0.15, 0.2) is 30.7 Å². The molecule has 0 saturated carbocycles. The zero-order valence-corrected chi connectivity index (χ0v) is 11.7. The zero-order chi connectivity index (χ0) is 14.4. The molecule has 0 aliphatic carbocycles. The number of hydrogen-bond acceptors (Lipinski definition) is 4. The maximum absolute atomic E-state index is 12.4. The highest BCUT2D eigenvalue weighted by molar-refractivity contribution is 5.98. The minimum atomic E-state index is -0.155. The van der Waals surface area contributed by atoms with Crippen molar-refractivity contribution in [1.29, 1.82) is 0 Å². The number of anilines is 1. The van der Waals surface area contributed by atoms with Gasteiger partial charge in [-0.3, -0.25) is 4.79 Å². The topological polar surface area (TPSA) is 82.7 Å². The van der Waals surface area contributed by atoms with E-state index >= 15 is 0 Å². The fourth-order valence-electron chi connectivity index (χ4n) is 1.96. The molecule has 0 saturated heterocycles. The van der Waals surface area contributed by atoms with Crippen molar-refractivity contribution in [2.75, 3.05) is 11.9 Å². The van der Waals surface area contributed by atoms with Crippen molar-refractivity contribution in [1.82, 2.24) is 20.3 Å². The van der Waals surface area contributed by atoms with Crippen molar-refractivity contribution in [2.45, 2.75) is 26.3 Å². The summed E-state index contributed by atoms with van der Waals surface area (Å²) in [4.78, 5) is 23.8. The van der Waals surface area contributed by atoms with Crippen LogP contribution in [0.4, 0.5) is 5.82 Å². The monoisotopic (exact) mass is 273 g/mol. The third-order valence-electron chi connectivity index (χ3n) is 2.96. The number of nitrogens with zero attached hydrogens (tertiary/aromatic N) is 2. The van der Waals surface area contributed by atoms with Crippen LogP contribution in [0.2, 0.25) is 0 Å². The molecule has 0 aliphatic rings. The van der Waals surface area contributed by atoms with Crippen molar-refractivity contribution >= 4 is 11.7 Å². The van der Waals surface area contributed by atoms with Crippen molar-refractivity contribution in [3.8, 4) is 0 Å². The first-order valence-corrected chi connectivity index (χ1v) is 6.75. The van der Waals surface area contributed by atoms with E-state index < -0.39 is 0 Å². The predicted octanol–water partition coefficient (Wildman–Crippen LogP) is 2.12. The number of rotatable bonds is 6. The molecule has 2 rings (SSSR count). The van der Waals surface area contributed by atoms with Crippen molar-refractivity contribution in [3.63, 3.8) is 0 Å². The number of pyridine rings is 1. The molecule has 0 bridgehead atoms. The average Bonchev–Trinajstić information content (AvgIpc) is 2.99. The van der Waals surface area contributed by atoms with Gasteiger partial charge in [-0.2, -0.15) is 0 Å². The molecular weight excluding hydrogens is 254 g/mol. The highest BCUT2D eigenvalue weighted by Gasteiger charge is 2.18. The van der Waals surface area contributed by atoms with Gasteiger partial charge < -0.3 is 15.6 Å². The lowest BCUT2D eigenvalue weighted by Gasteiger charge is -2.16. The van der Waals surface area contributed by atoms with E-state index in [1.54, 1.807) is 30.7 Å². The Morgan fingerprint density at radius 2 is 2.20 bits per heavy atom. The summed E-state index contributed by atoms with van der Waals surface area (Å²) in [5.41, 5.74) is 0.541. The van der Waals surface area contributed by atoms with E-state index in [0.717, 1.165) is 12.2 Å². The van der Waals surface area contributed by atoms with Crippen molar-refractivity contribution < 1.29 is 4.79 Å². The van der Waals surface area contributed by atoms with E-state index in [0.29, 0.717) is 17.9 Å². The number of aromatic amines is 1.